The summed E-state index contributed by atoms with van der Waals surface area (Å²) in [6.07, 6.45) is 5.67. The van der Waals surface area contributed by atoms with Crippen molar-refractivity contribution < 1.29 is 0 Å². The van der Waals surface area contributed by atoms with E-state index in [-0.39, 0.29) is 5.41 Å². The maximum absolute atomic E-state index is 4.50. The third kappa shape index (κ3) is 3.62. The molecule has 3 heteroatoms. The summed E-state index contributed by atoms with van der Waals surface area (Å²) in [5, 5.41) is 0. The monoisotopic (exact) mass is 320 g/mol. The lowest BCUT2D eigenvalue weighted by Gasteiger charge is -2.18. The summed E-state index contributed by atoms with van der Waals surface area (Å²) in [4.78, 5) is 9.87. The number of hydrogen-bond acceptors (Lipinski definition) is 3. The first-order chi connectivity index (χ1) is 10.9. The molecule has 0 aliphatic heterocycles. The molecule has 0 radical (unpaired) electrons. The highest BCUT2D eigenvalue weighted by Gasteiger charge is 2.16. The number of hydrogen-bond donors (Lipinski definition) is 1. The van der Waals surface area contributed by atoms with Crippen molar-refractivity contribution >= 4 is 12.6 Å². The van der Waals surface area contributed by atoms with Crippen molar-refractivity contribution in [2.24, 2.45) is 0 Å². The van der Waals surface area contributed by atoms with Gasteiger partial charge in [-0.05, 0) is 41.5 Å². The fraction of sp³-hybridized carbons (Fsp3) is 0.200. The average Bonchev–Trinajstić information content (AvgIpc) is 2.55. The molecule has 0 fully saturated rings. The number of rotatable bonds is 2. The predicted molar refractivity (Wildman–Crippen MR) is 98.9 cm³/mol. The SMILES string of the molecule is CC(C)(C)c1cc(-c2cncc(-c3ccc(S)cc3)c2)ccn1. The van der Waals surface area contributed by atoms with Crippen LogP contribution in [0, 0.1) is 0 Å². The molecule has 2 aromatic heterocycles. The Kier molecular flexibility index (Phi) is 4.22. The van der Waals surface area contributed by atoms with E-state index in [1.807, 2.05) is 36.8 Å². The van der Waals surface area contributed by atoms with Gasteiger partial charge in [0.15, 0.2) is 0 Å². The predicted octanol–water partition coefficient (Wildman–Crippen LogP) is 5.40. The second-order valence-corrected chi connectivity index (χ2v) is 7.21. The first-order valence-electron chi connectivity index (χ1n) is 7.65. The maximum atomic E-state index is 4.50. The largest absolute Gasteiger partial charge is 0.263 e. The van der Waals surface area contributed by atoms with Gasteiger partial charge in [0.25, 0.3) is 0 Å². The van der Waals surface area contributed by atoms with E-state index in [0.717, 1.165) is 32.8 Å². The van der Waals surface area contributed by atoms with E-state index >= 15 is 0 Å². The van der Waals surface area contributed by atoms with Crippen LogP contribution in [-0.4, -0.2) is 9.97 Å². The topological polar surface area (TPSA) is 25.8 Å². The molecule has 23 heavy (non-hydrogen) atoms. The van der Waals surface area contributed by atoms with Gasteiger partial charge >= 0.3 is 0 Å². The minimum absolute atomic E-state index is 0.0312. The Morgan fingerprint density at radius 3 is 2.09 bits per heavy atom. The molecule has 3 rings (SSSR count). The van der Waals surface area contributed by atoms with Crippen LogP contribution >= 0.6 is 12.6 Å². The van der Waals surface area contributed by atoms with Crippen molar-refractivity contribution in [1.29, 1.82) is 0 Å². The van der Waals surface area contributed by atoms with E-state index in [0.29, 0.717) is 0 Å². The Bertz CT molecular complexity index is 818. The molecule has 0 aliphatic rings. The number of benzene rings is 1. The molecule has 0 unspecified atom stereocenters. The molecular weight excluding hydrogens is 300 g/mol. The van der Waals surface area contributed by atoms with Gasteiger partial charge in [0, 0.05) is 45.7 Å². The first kappa shape index (κ1) is 15.8. The molecule has 0 saturated carbocycles. The lowest BCUT2D eigenvalue weighted by Crippen LogP contribution is -2.13. The molecule has 2 nitrogen and oxygen atoms in total. The Labute approximate surface area is 143 Å². The molecule has 0 atom stereocenters. The van der Waals surface area contributed by atoms with Gasteiger partial charge in [-0.15, -0.1) is 12.6 Å². The third-order valence-electron chi connectivity index (χ3n) is 3.80. The zero-order valence-electron chi connectivity index (χ0n) is 13.6. The van der Waals surface area contributed by atoms with Gasteiger partial charge in [-0.3, -0.25) is 9.97 Å². The van der Waals surface area contributed by atoms with Crippen LogP contribution in [0.1, 0.15) is 26.5 Å². The van der Waals surface area contributed by atoms with E-state index in [9.17, 15) is 0 Å². The van der Waals surface area contributed by atoms with Crippen LogP contribution in [0.15, 0.2) is 66.0 Å². The summed E-state index contributed by atoms with van der Waals surface area (Å²) in [6.45, 7) is 6.52. The normalized spacial score (nSPS) is 11.5. The van der Waals surface area contributed by atoms with Gasteiger partial charge in [-0.25, -0.2) is 0 Å². The molecule has 1 aromatic carbocycles. The van der Waals surface area contributed by atoms with Gasteiger partial charge in [-0.2, -0.15) is 0 Å². The van der Waals surface area contributed by atoms with E-state index in [2.05, 4.69) is 67.6 Å². The maximum Gasteiger partial charge on any atom is 0.0463 e. The van der Waals surface area contributed by atoms with Crippen LogP contribution in [0.5, 0.6) is 0 Å². The Balaban J connectivity index is 2.02. The van der Waals surface area contributed by atoms with E-state index in [1.165, 1.54) is 0 Å². The second kappa shape index (κ2) is 6.17. The van der Waals surface area contributed by atoms with Gasteiger partial charge in [0.1, 0.15) is 0 Å². The Morgan fingerprint density at radius 2 is 1.43 bits per heavy atom. The van der Waals surface area contributed by atoms with E-state index < -0.39 is 0 Å². The fourth-order valence-corrected chi connectivity index (χ4v) is 2.58. The number of aromatic nitrogens is 2. The zero-order valence-corrected chi connectivity index (χ0v) is 14.5. The highest BCUT2D eigenvalue weighted by molar-refractivity contribution is 7.80. The lowest BCUT2D eigenvalue weighted by molar-refractivity contribution is 0.569. The number of thiol groups is 1. The van der Waals surface area contributed by atoms with Gasteiger partial charge in [0.05, 0.1) is 0 Å². The van der Waals surface area contributed by atoms with Crippen molar-refractivity contribution in [3.63, 3.8) is 0 Å². The summed E-state index contributed by atoms with van der Waals surface area (Å²) in [5.41, 5.74) is 5.60. The van der Waals surface area contributed by atoms with E-state index in [1.54, 1.807) is 0 Å². The molecule has 3 aromatic rings. The van der Waals surface area contributed by atoms with E-state index in [4.69, 9.17) is 0 Å². The summed E-state index contributed by atoms with van der Waals surface area (Å²) in [5.74, 6) is 0. The average molecular weight is 320 g/mol. The molecule has 0 amide bonds. The summed E-state index contributed by atoms with van der Waals surface area (Å²) in [7, 11) is 0. The minimum atomic E-state index is 0.0312. The van der Waals surface area contributed by atoms with Crippen molar-refractivity contribution in [3.05, 3.63) is 66.7 Å². The van der Waals surface area contributed by atoms with Gasteiger partial charge in [0.2, 0.25) is 0 Å². The van der Waals surface area contributed by atoms with Gasteiger partial charge < -0.3 is 0 Å². The molecule has 0 aliphatic carbocycles. The van der Waals surface area contributed by atoms with Crippen LogP contribution in [-0.2, 0) is 5.41 Å². The van der Waals surface area contributed by atoms with Crippen molar-refractivity contribution in [1.82, 2.24) is 9.97 Å². The highest BCUT2D eigenvalue weighted by Crippen LogP contribution is 2.28. The van der Waals surface area contributed by atoms with Crippen LogP contribution in [0.4, 0.5) is 0 Å². The molecule has 0 N–H and O–H groups in total. The van der Waals surface area contributed by atoms with Crippen LogP contribution in [0.3, 0.4) is 0 Å². The zero-order chi connectivity index (χ0) is 16.4. The van der Waals surface area contributed by atoms with Crippen LogP contribution in [0.2, 0.25) is 0 Å². The minimum Gasteiger partial charge on any atom is -0.263 e. The summed E-state index contributed by atoms with van der Waals surface area (Å²) >= 11 is 4.34. The quantitative estimate of drug-likeness (QED) is 0.640. The molecule has 0 bridgehead atoms. The van der Waals surface area contributed by atoms with Crippen LogP contribution < -0.4 is 0 Å². The van der Waals surface area contributed by atoms with Crippen LogP contribution in [0.25, 0.3) is 22.3 Å². The lowest BCUT2D eigenvalue weighted by atomic mass is 9.90. The Morgan fingerprint density at radius 1 is 0.783 bits per heavy atom. The fourth-order valence-electron chi connectivity index (χ4n) is 2.43. The molecule has 116 valence electrons. The second-order valence-electron chi connectivity index (χ2n) is 6.69. The standard InChI is InChI=1S/C20H20N2S/c1-20(2,3)19-11-15(8-9-22-19)17-10-16(12-21-13-17)14-4-6-18(23)7-5-14/h4-13,23H,1-3H3. The molecule has 0 saturated heterocycles. The molecule has 0 spiro atoms. The van der Waals surface area contributed by atoms with Crippen molar-refractivity contribution in [3.8, 4) is 22.3 Å². The molecule has 2 heterocycles. The van der Waals surface area contributed by atoms with Gasteiger partial charge in [-0.1, -0.05) is 32.9 Å². The van der Waals surface area contributed by atoms with Crippen molar-refractivity contribution in [2.75, 3.05) is 0 Å². The molecular formula is C20H20N2S. The Hall–Kier alpha value is -2.13. The smallest absolute Gasteiger partial charge is 0.0463 e. The first-order valence-corrected chi connectivity index (χ1v) is 8.09. The highest BCUT2D eigenvalue weighted by atomic mass is 32.1. The number of pyridine rings is 2. The third-order valence-corrected chi connectivity index (χ3v) is 4.10. The summed E-state index contributed by atoms with van der Waals surface area (Å²) < 4.78 is 0. The summed E-state index contributed by atoms with van der Waals surface area (Å²) in [6, 6.07) is 14.5. The number of nitrogens with zero attached hydrogens (tertiary/aromatic N) is 2. The van der Waals surface area contributed by atoms with Crippen molar-refractivity contribution in [2.45, 2.75) is 31.1 Å².